The van der Waals surface area contributed by atoms with Crippen LogP contribution in [0.4, 0.5) is 0 Å². The van der Waals surface area contributed by atoms with Gasteiger partial charge in [0.1, 0.15) is 16.0 Å². The van der Waals surface area contributed by atoms with Crippen LogP contribution in [0.5, 0.6) is 11.5 Å². The van der Waals surface area contributed by atoms with E-state index in [0.29, 0.717) is 21.5 Å². The number of amides is 2. The van der Waals surface area contributed by atoms with Gasteiger partial charge in [0.2, 0.25) is 5.91 Å². The number of hydrogen-bond donors (Lipinski definition) is 1. The quantitative estimate of drug-likeness (QED) is 0.829. The monoisotopic (exact) mass is 372 g/mol. The number of benzene rings is 1. The largest absolute Gasteiger partial charge is 0.495 e. The summed E-state index contributed by atoms with van der Waals surface area (Å²) in [6.07, 6.45) is 0. The average molecular weight is 373 g/mol. The Hall–Kier alpha value is -1.76. The van der Waals surface area contributed by atoms with Gasteiger partial charge in [0.05, 0.1) is 20.8 Å². The van der Waals surface area contributed by atoms with Crippen molar-refractivity contribution in [3.63, 3.8) is 0 Å². The van der Waals surface area contributed by atoms with Gasteiger partial charge in [-0.05, 0) is 41.9 Å². The van der Waals surface area contributed by atoms with Gasteiger partial charge in [-0.3, -0.25) is 9.59 Å². The molecule has 0 saturated heterocycles. The topological polar surface area (TPSA) is 67.9 Å². The summed E-state index contributed by atoms with van der Waals surface area (Å²) in [4.78, 5) is 25.5. The summed E-state index contributed by atoms with van der Waals surface area (Å²) in [6.45, 7) is 3.71. The van der Waals surface area contributed by atoms with E-state index in [2.05, 4.69) is 21.2 Å². The Morgan fingerprint density at radius 3 is 2.14 bits per heavy atom. The molecule has 0 atom stereocenters. The number of ether oxygens (including phenoxy) is 2. The lowest BCUT2D eigenvalue weighted by molar-refractivity contribution is -0.122. The molecule has 1 aromatic rings. The van der Waals surface area contributed by atoms with Crippen molar-refractivity contribution in [1.29, 1.82) is 0 Å². The number of methoxy groups -OCH3 is 2. The Labute approximate surface area is 138 Å². The highest BCUT2D eigenvalue weighted by molar-refractivity contribution is 9.10. The van der Waals surface area contributed by atoms with Crippen molar-refractivity contribution in [2.24, 2.45) is 0 Å². The lowest BCUT2D eigenvalue weighted by Gasteiger charge is -2.19. The maximum atomic E-state index is 12.4. The van der Waals surface area contributed by atoms with E-state index in [9.17, 15) is 9.59 Å². The fourth-order valence-electron chi connectivity index (χ4n) is 1.87. The number of likely N-dealkylation sites (N-methyl/N-ethyl adjacent to an activating group) is 1. The molecule has 0 aliphatic rings. The SMILES string of the molecule is COc1cc(C(=O)N(C)CC(=O)NC(C)C)cc(OC)c1Br. The highest BCUT2D eigenvalue weighted by atomic mass is 79.9. The molecule has 0 radical (unpaired) electrons. The summed E-state index contributed by atoms with van der Waals surface area (Å²) in [5.74, 6) is 0.482. The van der Waals surface area contributed by atoms with Gasteiger partial charge in [-0.15, -0.1) is 0 Å². The summed E-state index contributed by atoms with van der Waals surface area (Å²) in [6, 6.07) is 3.24. The maximum absolute atomic E-state index is 12.4. The molecule has 0 unspecified atom stereocenters. The predicted octanol–water partition coefficient (Wildman–Crippen LogP) is 2.06. The molecule has 1 rings (SSSR count). The van der Waals surface area contributed by atoms with Gasteiger partial charge in [0.25, 0.3) is 5.91 Å². The first-order chi connectivity index (χ1) is 10.3. The Morgan fingerprint density at radius 2 is 1.73 bits per heavy atom. The minimum atomic E-state index is -0.289. The minimum absolute atomic E-state index is 0.0162. The summed E-state index contributed by atoms with van der Waals surface area (Å²) in [5, 5.41) is 2.74. The fraction of sp³-hybridized carbons (Fsp3) is 0.467. The molecule has 122 valence electrons. The van der Waals surface area contributed by atoms with Crippen molar-refractivity contribution in [2.75, 3.05) is 27.8 Å². The number of hydrogen-bond acceptors (Lipinski definition) is 4. The molecule has 2 amide bonds. The summed E-state index contributed by atoms with van der Waals surface area (Å²) < 4.78 is 11.1. The second kappa shape index (κ2) is 8.03. The normalized spacial score (nSPS) is 10.3. The average Bonchev–Trinajstić information content (AvgIpc) is 2.45. The molecule has 0 heterocycles. The predicted molar refractivity (Wildman–Crippen MR) is 87.5 cm³/mol. The van der Waals surface area contributed by atoms with Crippen LogP contribution >= 0.6 is 15.9 Å². The van der Waals surface area contributed by atoms with Crippen molar-refractivity contribution >= 4 is 27.7 Å². The Bertz CT molecular complexity index is 535. The molecule has 0 aromatic heterocycles. The molecule has 7 heteroatoms. The van der Waals surface area contributed by atoms with E-state index >= 15 is 0 Å². The van der Waals surface area contributed by atoms with Crippen LogP contribution in [-0.4, -0.2) is 50.6 Å². The van der Waals surface area contributed by atoms with Gasteiger partial charge in [-0.2, -0.15) is 0 Å². The van der Waals surface area contributed by atoms with Gasteiger partial charge < -0.3 is 19.7 Å². The number of halogens is 1. The third kappa shape index (κ3) is 4.62. The van der Waals surface area contributed by atoms with Gasteiger partial charge in [-0.1, -0.05) is 0 Å². The van der Waals surface area contributed by atoms with Crippen molar-refractivity contribution < 1.29 is 19.1 Å². The number of nitrogens with one attached hydrogen (secondary N) is 1. The van der Waals surface area contributed by atoms with Crippen molar-refractivity contribution in [1.82, 2.24) is 10.2 Å². The third-order valence-electron chi connectivity index (χ3n) is 2.87. The van der Waals surface area contributed by atoms with E-state index in [1.54, 1.807) is 19.2 Å². The summed E-state index contributed by atoms with van der Waals surface area (Å²) >= 11 is 3.35. The van der Waals surface area contributed by atoms with E-state index in [1.807, 2.05) is 13.8 Å². The van der Waals surface area contributed by atoms with E-state index in [-0.39, 0.29) is 24.4 Å². The second-order valence-electron chi connectivity index (χ2n) is 5.08. The van der Waals surface area contributed by atoms with Crippen LogP contribution in [0.3, 0.4) is 0 Å². The molecule has 22 heavy (non-hydrogen) atoms. The van der Waals surface area contributed by atoms with Crippen LogP contribution in [0.1, 0.15) is 24.2 Å². The molecule has 0 fully saturated rings. The highest BCUT2D eigenvalue weighted by Gasteiger charge is 2.19. The Kier molecular flexibility index (Phi) is 6.67. The lowest BCUT2D eigenvalue weighted by atomic mass is 10.1. The van der Waals surface area contributed by atoms with E-state index < -0.39 is 0 Å². The molecule has 0 aliphatic carbocycles. The van der Waals surface area contributed by atoms with E-state index in [1.165, 1.54) is 19.1 Å². The van der Waals surface area contributed by atoms with Crippen molar-refractivity contribution in [3.8, 4) is 11.5 Å². The van der Waals surface area contributed by atoms with Crippen LogP contribution < -0.4 is 14.8 Å². The standard InChI is InChI=1S/C15H21BrN2O4/c1-9(2)17-13(19)8-18(3)15(20)10-6-11(21-4)14(16)12(7-10)22-5/h6-7,9H,8H2,1-5H3,(H,17,19). The summed E-state index contributed by atoms with van der Waals surface area (Å²) in [5.41, 5.74) is 0.386. The highest BCUT2D eigenvalue weighted by Crippen LogP contribution is 2.35. The van der Waals surface area contributed by atoms with Crippen molar-refractivity contribution in [3.05, 3.63) is 22.2 Å². The zero-order chi connectivity index (χ0) is 16.9. The molecule has 0 bridgehead atoms. The van der Waals surface area contributed by atoms with Gasteiger partial charge in [0, 0.05) is 18.7 Å². The molecular weight excluding hydrogens is 352 g/mol. The van der Waals surface area contributed by atoms with Crippen molar-refractivity contribution in [2.45, 2.75) is 19.9 Å². The maximum Gasteiger partial charge on any atom is 0.254 e. The number of rotatable bonds is 6. The van der Waals surface area contributed by atoms with E-state index in [4.69, 9.17) is 9.47 Å². The first-order valence-corrected chi connectivity index (χ1v) is 7.55. The van der Waals surface area contributed by atoms with Crippen LogP contribution in [0.15, 0.2) is 16.6 Å². The first kappa shape index (κ1) is 18.3. The Morgan fingerprint density at radius 1 is 1.23 bits per heavy atom. The van der Waals surface area contributed by atoms with Crippen LogP contribution in [0, 0.1) is 0 Å². The molecule has 1 aromatic carbocycles. The molecule has 0 aliphatic heterocycles. The van der Waals surface area contributed by atoms with Gasteiger partial charge in [0.15, 0.2) is 0 Å². The smallest absolute Gasteiger partial charge is 0.254 e. The fourth-order valence-corrected chi connectivity index (χ4v) is 2.42. The number of carbonyl (C=O) groups is 2. The molecular formula is C15H21BrN2O4. The Balaban J connectivity index is 2.95. The van der Waals surface area contributed by atoms with Crippen LogP contribution in [0.2, 0.25) is 0 Å². The first-order valence-electron chi connectivity index (χ1n) is 6.76. The number of nitrogens with zero attached hydrogens (tertiary/aromatic N) is 1. The van der Waals surface area contributed by atoms with Crippen LogP contribution in [-0.2, 0) is 4.79 Å². The van der Waals surface area contributed by atoms with Crippen LogP contribution in [0.25, 0.3) is 0 Å². The minimum Gasteiger partial charge on any atom is -0.495 e. The molecule has 0 saturated carbocycles. The molecule has 1 N–H and O–H groups in total. The molecule has 0 spiro atoms. The van der Waals surface area contributed by atoms with Gasteiger partial charge >= 0.3 is 0 Å². The number of carbonyl (C=O) groups excluding carboxylic acids is 2. The lowest BCUT2D eigenvalue weighted by Crippen LogP contribution is -2.40. The third-order valence-corrected chi connectivity index (χ3v) is 3.65. The zero-order valence-electron chi connectivity index (χ0n) is 13.4. The van der Waals surface area contributed by atoms with E-state index in [0.717, 1.165) is 0 Å². The zero-order valence-corrected chi connectivity index (χ0v) is 15.0. The second-order valence-corrected chi connectivity index (χ2v) is 5.87. The van der Waals surface area contributed by atoms with Gasteiger partial charge in [-0.25, -0.2) is 0 Å². The summed E-state index contributed by atoms with van der Waals surface area (Å²) in [7, 11) is 4.59. The molecule has 6 nitrogen and oxygen atoms in total.